The molecule has 0 saturated carbocycles. The summed E-state index contributed by atoms with van der Waals surface area (Å²) in [5.74, 6) is -0.532. The molecule has 2 aliphatic rings. The fourth-order valence-corrected chi connectivity index (χ4v) is 4.54. The van der Waals surface area contributed by atoms with Gasteiger partial charge in [0.2, 0.25) is 0 Å². The van der Waals surface area contributed by atoms with Crippen LogP contribution in [0.3, 0.4) is 0 Å². The van der Waals surface area contributed by atoms with Crippen molar-refractivity contribution in [3.05, 3.63) is 64.2 Å². The third kappa shape index (κ3) is 3.32. The Morgan fingerprint density at radius 3 is 3.00 bits per heavy atom. The fraction of sp³-hybridized carbons (Fsp3) is 0.350. The normalized spacial score (nSPS) is 24.2. The molecular formula is C20H19ClFN3OS. The van der Waals surface area contributed by atoms with Crippen molar-refractivity contribution in [2.24, 2.45) is 0 Å². The maximum atomic E-state index is 13.7. The van der Waals surface area contributed by atoms with Crippen LogP contribution in [0.25, 0.3) is 0 Å². The van der Waals surface area contributed by atoms with E-state index in [9.17, 15) is 9.18 Å². The summed E-state index contributed by atoms with van der Waals surface area (Å²) < 4.78 is 13.7. The highest BCUT2D eigenvalue weighted by Crippen LogP contribution is 2.40. The van der Waals surface area contributed by atoms with Crippen LogP contribution in [0, 0.1) is 5.82 Å². The molecule has 7 heteroatoms. The topological polar surface area (TPSA) is 45.2 Å². The van der Waals surface area contributed by atoms with E-state index in [1.165, 1.54) is 11.6 Å². The molecule has 140 valence electrons. The number of nitrogens with zero attached hydrogens (tertiary/aromatic N) is 2. The Labute approximate surface area is 167 Å². The fourth-order valence-electron chi connectivity index (χ4n) is 4.01. The van der Waals surface area contributed by atoms with Crippen LogP contribution < -0.4 is 5.32 Å². The van der Waals surface area contributed by atoms with Crippen molar-refractivity contribution >= 4 is 34.7 Å². The number of aryl methyl sites for hydroxylation is 1. The number of rotatable bonds is 3. The highest BCUT2D eigenvalue weighted by atomic mass is 35.5. The highest BCUT2D eigenvalue weighted by molar-refractivity contribution is 7.80. The van der Waals surface area contributed by atoms with Gasteiger partial charge < -0.3 is 10.2 Å². The number of hydrogen-bond donors (Lipinski definition) is 1. The van der Waals surface area contributed by atoms with Gasteiger partial charge in [0.25, 0.3) is 5.91 Å². The summed E-state index contributed by atoms with van der Waals surface area (Å²) in [5.41, 5.74) is 1.79. The third-order valence-corrected chi connectivity index (χ3v) is 6.35. The maximum Gasteiger partial charge on any atom is 0.270 e. The highest BCUT2D eigenvalue weighted by Gasteiger charge is 2.44. The van der Waals surface area contributed by atoms with Gasteiger partial charge in [-0.3, -0.25) is 4.79 Å². The zero-order valence-electron chi connectivity index (χ0n) is 14.8. The van der Waals surface area contributed by atoms with Crippen molar-refractivity contribution in [1.82, 2.24) is 15.2 Å². The molecule has 0 bridgehead atoms. The second-order valence-corrected chi connectivity index (χ2v) is 8.05. The second kappa shape index (κ2) is 6.84. The number of fused-ring (bicyclic) bond motifs is 1. The van der Waals surface area contributed by atoms with Gasteiger partial charge in [0, 0.05) is 6.54 Å². The van der Waals surface area contributed by atoms with Gasteiger partial charge in [0.05, 0.1) is 11.6 Å². The quantitative estimate of drug-likeness (QED) is 0.619. The molecule has 1 aliphatic heterocycles. The Morgan fingerprint density at radius 1 is 1.41 bits per heavy atom. The zero-order valence-corrected chi connectivity index (χ0v) is 16.4. The number of carbonyl (C=O) groups is 1. The molecule has 1 amide bonds. The van der Waals surface area contributed by atoms with Crippen LogP contribution in [0.4, 0.5) is 4.39 Å². The van der Waals surface area contributed by atoms with Crippen molar-refractivity contribution in [3.63, 3.8) is 0 Å². The number of halogens is 2. The Morgan fingerprint density at radius 2 is 2.22 bits per heavy atom. The van der Waals surface area contributed by atoms with Gasteiger partial charge in [-0.25, -0.2) is 9.37 Å². The average Bonchev–Trinajstić information content (AvgIpc) is 3.16. The monoisotopic (exact) mass is 403 g/mol. The molecule has 4 nitrogen and oxygen atoms in total. The smallest absolute Gasteiger partial charge is 0.270 e. The molecule has 1 saturated heterocycles. The number of aromatic nitrogens is 1. The van der Waals surface area contributed by atoms with E-state index in [-0.39, 0.29) is 28.6 Å². The third-order valence-electron chi connectivity index (χ3n) is 5.45. The van der Waals surface area contributed by atoms with E-state index in [0.29, 0.717) is 11.4 Å². The molecule has 0 unspecified atom stereocenters. The largest absolute Gasteiger partial charge is 0.357 e. The van der Waals surface area contributed by atoms with Crippen molar-refractivity contribution in [1.29, 1.82) is 0 Å². The lowest BCUT2D eigenvalue weighted by Gasteiger charge is -2.31. The molecule has 4 rings (SSSR count). The van der Waals surface area contributed by atoms with E-state index in [0.717, 1.165) is 24.9 Å². The first kappa shape index (κ1) is 18.3. The van der Waals surface area contributed by atoms with Crippen LogP contribution in [-0.2, 0) is 6.42 Å². The summed E-state index contributed by atoms with van der Waals surface area (Å²) in [7, 11) is 0. The average molecular weight is 404 g/mol. The molecular weight excluding hydrogens is 385 g/mol. The summed E-state index contributed by atoms with van der Waals surface area (Å²) in [6, 6.07) is 9.97. The predicted octanol–water partition coefficient (Wildman–Crippen LogP) is 4.08. The Kier molecular flexibility index (Phi) is 4.64. The van der Waals surface area contributed by atoms with Crippen LogP contribution in [0.15, 0.2) is 36.4 Å². The van der Waals surface area contributed by atoms with Crippen LogP contribution in [0.5, 0.6) is 0 Å². The summed E-state index contributed by atoms with van der Waals surface area (Å²) in [6.07, 6.45) is 2.51. The number of pyridine rings is 1. The molecule has 27 heavy (non-hydrogen) atoms. The number of hydrogen-bond acceptors (Lipinski definition) is 3. The van der Waals surface area contributed by atoms with Gasteiger partial charge in [0.15, 0.2) is 0 Å². The number of benzene rings is 1. The molecule has 1 aromatic heterocycles. The van der Waals surface area contributed by atoms with E-state index in [1.54, 1.807) is 24.3 Å². The van der Waals surface area contributed by atoms with Crippen molar-refractivity contribution in [2.75, 3.05) is 6.54 Å². The maximum absolute atomic E-state index is 13.7. The van der Waals surface area contributed by atoms with Gasteiger partial charge >= 0.3 is 0 Å². The van der Waals surface area contributed by atoms with E-state index in [2.05, 4.69) is 15.2 Å². The number of amides is 1. The van der Waals surface area contributed by atoms with Gasteiger partial charge in [0.1, 0.15) is 21.7 Å². The molecule has 1 aromatic carbocycles. The van der Waals surface area contributed by atoms with Crippen molar-refractivity contribution in [2.45, 2.75) is 37.8 Å². The summed E-state index contributed by atoms with van der Waals surface area (Å²) in [6.45, 7) is 2.65. The van der Waals surface area contributed by atoms with Crippen molar-refractivity contribution in [3.8, 4) is 0 Å². The van der Waals surface area contributed by atoms with Crippen LogP contribution in [0.1, 0.15) is 47.4 Å². The standard InChI is InChI=1S/C20H19ClFN3OS/c1-20(24-18(26)15-3-2-4-17(21)23-15)9-10-25(19(20)27)16-8-6-12-5-7-13(22)11-14(12)16/h2-5,7,11,16H,6,8-10H2,1H3,(H,24,26)/t16-,20+/m1/s1. The van der Waals surface area contributed by atoms with E-state index < -0.39 is 5.54 Å². The zero-order chi connectivity index (χ0) is 19.2. The molecule has 1 aliphatic carbocycles. The SMILES string of the molecule is C[C@]1(NC(=O)c2cccc(Cl)n2)CCN([C@@H]2CCc3ccc(F)cc32)C1=S. The van der Waals surface area contributed by atoms with E-state index in [1.807, 2.05) is 13.0 Å². The Hall–Kier alpha value is -2.05. The van der Waals surface area contributed by atoms with Gasteiger partial charge in [-0.2, -0.15) is 0 Å². The number of thiocarbonyl (C=S) groups is 1. The van der Waals surface area contributed by atoms with Crippen LogP contribution in [0.2, 0.25) is 5.15 Å². The van der Waals surface area contributed by atoms with Crippen molar-refractivity contribution < 1.29 is 9.18 Å². The molecule has 2 aromatic rings. The lowest BCUT2D eigenvalue weighted by molar-refractivity contribution is 0.0923. The van der Waals surface area contributed by atoms with E-state index >= 15 is 0 Å². The first-order chi connectivity index (χ1) is 12.9. The predicted molar refractivity (Wildman–Crippen MR) is 107 cm³/mol. The minimum atomic E-state index is -0.646. The number of likely N-dealkylation sites (tertiary alicyclic amines) is 1. The van der Waals surface area contributed by atoms with Gasteiger partial charge in [-0.15, -0.1) is 0 Å². The lowest BCUT2D eigenvalue weighted by Crippen LogP contribution is -2.51. The first-order valence-corrected chi connectivity index (χ1v) is 9.70. The lowest BCUT2D eigenvalue weighted by atomic mass is 10.0. The minimum absolute atomic E-state index is 0.0613. The summed E-state index contributed by atoms with van der Waals surface area (Å²) in [5, 5.41) is 3.29. The van der Waals surface area contributed by atoms with Gasteiger partial charge in [-0.1, -0.05) is 36.0 Å². The second-order valence-electron chi connectivity index (χ2n) is 7.28. The minimum Gasteiger partial charge on any atom is -0.357 e. The molecule has 0 spiro atoms. The van der Waals surface area contributed by atoms with Crippen LogP contribution >= 0.6 is 23.8 Å². The molecule has 1 N–H and O–H groups in total. The molecule has 2 atom stereocenters. The van der Waals surface area contributed by atoms with Crippen LogP contribution in [-0.4, -0.2) is 32.9 Å². The Balaban J connectivity index is 1.53. The molecule has 2 heterocycles. The van der Waals surface area contributed by atoms with Gasteiger partial charge in [-0.05, 0) is 61.6 Å². The van der Waals surface area contributed by atoms with E-state index in [4.69, 9.17) is 23.8 Å². The number of carbonyl (C=O) groups excluding carboxylic acids is 1. The Bertz CT molecular complexity index is 937. The number of nitrogens with one attached hydrogen (secondary N) is 1. The molecule has 1 fully saturated rings. The first-order valence-electron chi connectivity index (χ1n) is 8.92. The molecule has 0 radical (unpaired) electrons. The summed E-state index contributed by atoms with van der Waals surface area (Å²) in [4.78, 5) is 19.5. The summed E-state index contributed by atoms with van der Waals surface area (Å²) >= 11 is 11.6.